The van der Waals surface area contributed by atoms with Crippen LogP contribution in [0.1, 0.15) is 39.0 Å². The van der Waals surface area contributed by atoms with Crippen LogP contribution in [-0.4, -0.2) is 38.4 Å². The first-order valence-corrected chi connectivity index (χ1v) is 8.38. The Morgan fingerprint density at radius 1 is 1.44 bits per heavy atom. The molecule has 1 fully saturated rings. The van der Waals surface area contributed by atoms with Crippen molar-refractivity contribution in [2.75, 3.05) is 18.8 Å². The van der Waals surface area contributed by atoms with Crippen molar-refractivity contribution in [3.63, 3.8) is 0 Å². The summed E-state index contributed by atoms with van der Waals surface area (Å²) in [5.74, 6) is 0.269. The second-order valence-electron chi connectivity index (χ2n) is 5.13. The molecule has 0 aromatic heterocycles. The third kappa shape index (κ3) is 4.57. The van der Waals surface area contributed by atoms with Gasteiger partial charge in [-0.2, -0.15) is 0 Å². The molecule has 3 N–H and O–H groups in total. The number of nitrogens with one attached hydrogen (secondary N) is 1. The minimum atomic E-state index is -3.21. The van der Waals surface area contributed by atoms with E-state index in [0.29, 0.717) is 31.8 Å². The van der Waals surface area contributed by atoms with Crippen molar-refractivity contribution in [3.05, 3.63) is 0 Å². The molecule has 1 aliphatic heterocycles. The van der Waals surface area contributed by atoms with Gasteiger partial charge >= 0.3 is 0 Å². The lowest BCUT2D eigenvalue weighted by Crippen LogP contribution is -2.43. The fourth-order valence-electron chi connectivity index (χ4n) is 2.14. The van der Waals surface area contributed by atoms with Crippen molar-refractivity contribution in [1.82, 2.24) is 5.32 Å². The predicted molar refractivity (Wildman–Crippen MR) is 71.9 cm³/mol. The summed E-state index contributed by atoms with van der Waals surface area (Å²) in [5, 5.41) is 1.91. The molecule has 0 bridgehead atoms. The Kier molecular flexibility index (Phi) is 6.08. The lowest BCUT2D eigenvalue weighted by atomic mass is 10.1. The largest absolute Gasteiger partial charge is 0.355 e. The molecule has 0 aromatic carbocycles. The third-order valence-corrected chi connectivity index (χ3v) is 5.62. The minimum absolute atomic E-state index is 0.148. The summed E-state index contributed by atoms with van der Waals surface area (Å²) in [7, 11) is -3.21. The molecule has 0 spiro atoms. The van der Waals surface area contributed by atoms with E-state index in [0.717, 1.165) is 19.3 Å². The average molecular weight is 276 g/mol. The van der Waals surface area contributed by atoms with E-state index in [1.54, 1.807) is 0 Å². The average Bonchev–Trinajstić information content (AvgIpc) is 2.33. The standard InChI is InChI=1S/C12H24N2O3S/c1-10(9-13)5-4-7-14-12(15)11-6-2-3-8-18(11,16)17/h10-11H,2-9,13H2,1H3,(H,14,15). The van der Waals surface area contributed by atoms with Gasteiger partial charge in [-0.3, -0.25) is 4.79 Å². The van der Waals surface area contributed by atoms with Gasteiger partial charge in [-0.05, 0) is 38.1 Å². The Morgan fingerprint density at radius 3 is 2.78 bits per heavy atom. The highest BCUT2D eigenvalue weighted by Gasteiger charge is 2.34. The highest BCUT2D eigenvalue weighted by atomic mass is 32.2. The Hall–Kier alpha value is -0.620. The molecule has 0 saturated carbocycles. The minimum Gasteiger partial charge on any atom is -0.355 e. The van der Waals surface area contributed by atoms with Crippen LogP contribution in [0, 0.1) is 5.92 Å². The summed E-state index contributed by atoms with van der Waals surface area (Å²) in [6, 6.07) is 0. The number of nitrogens with two attached hydrogens (primary N) is 1. The topological polar surface area (TPSA) is 89.3 Å². The first-order valence-electron chi connectivity index (χ1n) is 6.66. The van der Waals surface area contributed by atoms with Crippen LogP contribution in [0.15, 0.2) is 0 Å². The Bertz CT molecular complexity index is 368. The van der Waals surface area contributed by atoms with E-state index in [1.165, 1.54) is 0 Å². The van der Waals surface area contributed by atoms with E-state index in [9.17, 15) is 13.2 Å². The number of hydrogen-bond acceptors (Lipinski definition) is 4. The first-order chi connectivity index (χ1) is 8.47. The maximum Gasteiger partial charge on any atom is 0.238 e. The normalized spacial score (nSPS) is 24.4. The summed E-state index contributed by atoms with van der Waals surface area (Å²) in [4.78, 5) is 11.8. The quantitative estimate of drug-likeness (QED) is 0.689. The van der Waals surface area contributed by atoms with Crippen molar-refractivity contribution >= 4 is 15.7 Å². The van der Waals surface area contributed by atoms with Crippen LogP contribution in [-0.2, 0) is 14.6 Å². The summed E-state index contributed by atoms with van der Waals surface area (Å²) in [5.41, 5.74) is 5.50. The zero-order valence-electron chi connectivity index (χ0n) is 11.0. The van der Waals surface area contributed by atoms with Crippen LogP contribution in [0.3, 0.4) is 0 Å². The number of amides is 1. The molecule has 5 nitrogen and oxygen atoms in total. The molecule has 1 heterocycles. The number of sulfone groups is 1. The number of rotatable bonds is 6. The molecular formula is C12H24N2O3S. The first kappa shape index (κ1) is 15.4. The molecule has 1 amide bonds. The molecule has 0 aliphatic carbocycles. The zero-order chi connectivity index (χ0) is 13.6. The second kappa shape index (κ2) is 7.09. The zero-order valence-corrected chi connectivity index (χ0v) is 11.8. The monoisotopic (exact) mass is 276 g/mol. The number of hydrogen-bond donors (Lipinski definition) is 2. The maximum atomic E-state index is 11.8. The van der Waals surface area contributed by atoms with Gasteiger partial charge in [-0.1, -0.05) is 13.3 Å². The lowest BCUT2D eigenvalue weighted by molar-refractivity contribution is -0.120. The summed E-state index contributed by atoms with van der Waals surface area (Å²) in [6.45, 7) is 3.24. The number of carbonyl (C=O) groups excluding carboxylic acids is 1. The van der Waals surface area contributed by atoms with E-state index >= 15 is 0 Å². The number of carbonyl (C=O) groups is 1. The van der Waals surface area contributed by atoms with E-state index < -0.39 is 15.1 Å². The van der Waals surface area contributed by atoms with Crippen molar-refractivity contribution in [2.45, 2.75) is 44.3 Å². The van der Waals surface area contributed by atoms with E-state index in [1.807, 2.05) is 0 Å². The van der Waals surface area contributed by atoms with Crippen LogP contribution >= 0.6 is 0 Å². The smallest absolute Gasteiger partial charge is 0.238 e. The van der Waals surface area contributed by atoms with Crippen LogP contribution in [0.2, 0.25) is 0 Å². The molecule has 1 rings (SSSR count). The molecule has 0 aromatic rings. The van der Waals surface area contributed by atoms with Crippen molar-refractivity contribution < 1.29 is 13.2 Å². The van der Waals surface area contributed by atoms with Crippen molar-refractivity contribution in [2.24, 2.45) is 11.7 Å². The Balaban J connectivity index is 2.32. The summed E-state index contributed by atoms with van der Waals surface area (Å²) >= 11 is 0. The second-order valence-corrected chi connectivity index (χ2v) is 7.43. The summed E-state index contributed by atoms with van der Waals surface area (Å²) in [6.07, 6.45) is 3.76. The van der Waals surface area contributed by atoms with Crippen LogP contribution in [0.4, 0.5) is 0 Å². The Morgan fingerprint density at radius 2 is 2.17 bits per heavy atom. The molecule has 18 heavy (non-hydrogen) atoms. The fourth-order valence-corrected chi connectivity index (χ4v) is 3.97. The molecular weight excluding hydrogens is 252 g/mol. The maximum absolute atomic E-state index is 11.8. The lowest BCUT2D eigenvalue weighted by Gasteiger charge is -2.21. The van der Waals surface area contributed by atoms with Crippen molar-refractivity contribution in [1.29, 1.82) is 0 Å². The highest BCUT2D eigenvalue weighted by molar-refractivity contribution is 7.92. The molecule has 1 aliphatic rings. The van der Waals surface area contributed by atoms with E-state index in [2.05, 4.69) is 12.2 Å². The molecule has 6 heteroatoms. The van der Waals surface area contributed by atoms with Gasteiger partial charge in [0.05, 0.1) is 5.75 Å². The third-order valence-electron chi connectivity index (χ3n) is 3.45. The van der Waals surface area contributed by atoms with Gasteiger partial charge < -0.3 is 11.1 Å². The van der Waals surface area contributed by atoms with Crippen LogP contribution in [0.25, 0.3) is 0 Å². The van der Waals surface area contributed by atoms with Gasteiger partial charge in [0.25, 0.3) is 0 Å². The van der Waals surface area contributed by atoms with Gasteiger partial charge in [0.2, 0.25) is 5.91 Å². The van der Waals surface area contributed by atoms with Gasteiger partial charge in [-0.15, -0.1) is 0 Å². The Labute approximate surface area is 109 Å². The van der Waals surface area contributed by atoms with E-state index in [4.69, 9.17) is 5.73 Å². The molecule has 106 valence electrons. The van der Waals surface area contributed by atoms with Gasteiger partial charge in [0.15, 0.2) is 9.84 Å². The highest BCUT2D eigenvalue weighted by Crippen LogP contribution is 2.19. The molecule has 2 atom stereocenters. The molecule has 1 saturated heterocycles. The fraction of sp³-hybridized carbons (Fsp3) is 0.917. The van der Waals surface area contributed by atoms with Crippen LogP contribution < -0.4 is 11.1 Å². The summed E-state index contributed by atoms with van der Waals surface area (Å²) < 4.78 is 23.5. The molecule has 0 radical (unpaired) electrons. The van der Waals surface area contributed by atoms with Gasteiger partial charge in [-0.25, -0.2) is 8.42 Å². The van der Waals surface area contributed by atoms with E-state index in [-0.39, 0.29) is 11.7 Å². The predicted octanol–water partition coefficient (Wildman–Crippen LogP) is 0.445. The SMILES string of the molecule is CC(CN)CCCNC(=O)C1CCCCS1(=O)=O. The molecule has 2 unspecified atom stereocenters. The van der Waals surface area contributed by atoms with Crippen molar-refractivity contribution in [3.8, 4) is 0 Å². The van der Waals surface area contributed by atoms with Gasteiger partial charge in [0, 0.05) is 6.54 Å². The van der Waals surface area contributed by atoms with Crippen LogP contribution in [0.5, 0.6) is 0 Å². The van der Waals surface area contributed by atoms with Gasteiger partial charge in [0.1, 0.15) is 5.25 Å².